The molecule has 6 heteroatoms. The summed E-state index contributed by atoms with van der Waals surface area (Å²) in [5.41, 5.74) is 0. The molecule has 0 saturated carbocycles. The Balaban J connectivity index is 2.01. The van der Waals surface area contributed by atoms with Gasteiger partial charge in [-0.2, -0.15) is 0 Å². The largest absolute Gasteiger partial charge is 0.480 e. The normalized spacial score (nSPS) is 21.1. The minimum Gasteiger partial charge on any atom is -0.480 e. The molecule has 2 atom stereocenters. The summed E-state index contributed by atoms with van der Waals surface area (Å²) in [6, 6.07) is -0.860. The van der Waals surface area contributed by atoms with E-state index in [1.807, 2.05) is 0 Å². The molecule has 17 heavy (non-hydrogen) atoms. The van der Waals surface area contributed by atoms with Gasteiger partial charge in [-0.05, 0) is 19.8 Å². The molecule has 0 aromatic heterocycles. The van der Waals surface area contributed by atoms with E-state index >= 15 is 0 Å². The summed E-state index contributed by atoms with van der Waals surface area (Å²) in [6.45, 7) is 3.00. The number of ether oxygens (including phenoxy) is 2. The van der Waals surface area contributed by atoms with Crippen molar-refractivity contribution in [2.45, 2.75) is 38.3 Å². The van der Waals surface area contributed by atoms with Gasteiger partial charge in [-0.15, -0.1) is 0 Å². The Hall–Kier alpha value is -1.14. The average molecular weight is 245 g/mol. The maximum absolute atomic E-state index is 11.3. The third-order valence-electron chi connectivity index (χ3n) is 2.55. The summed E-state index contributed by atoms with van der Waals surface area (Å²) in [5, 5.41) is 10.9. The summed E-state index contributed by atoms with van der Waals surface area (Å²) in [5.74, 6) is -1.36. The Kier molecular flexibility index (Phi) is 5.93. The second-order valence-electron chi connectivity index (χ2n) is 4.09. The van der Waals surface area contributed by atoms with Gasteiger partial charge in [-0.25, -0.2) is 0 Å². The maximum atomic E-state index is 11.3. The number of hydrogen-bond donors (Lipinski definition) is 2. The molecule has 1 saturated heterocycles. The van der Waals surface area contributed by atoms with E-state index in [2.05, 4.69) is 5.32 Å². The molecule has 1 aliphatic rings. The van der Waals surface area contributed by atoms with Crippen molar-refractivity contribution in [1.82, 2.24) is 5.32 Å². The topological polar surface area (TPSA) is 84.9 Å². The Labute approximate surface area is 100 Å². The molecular weight excluding hydrogens is 226 g/mol. The van der Waals surface area contributed by atoms with E-state index in [1.54, 1.807) is 0 Å². The summed E-state index contributed by atoms with van der Waals surface area (Å²) in [4.78, 5) is 21.7. The highest BCUT2D eigenvalue weighted by Gasteiger charge is 2.16. The summed E-state index contributed by atoms with van der Waals surface area (Å²) in [7, 11) is 0. The number of hydrogen-bond acceptors (Lipinski definition) is 4. The first-order chi connectivity index (χ1) is 8.09. The van der Waals surface area contributed by atoms with E-state index in [0.29, 0.717) is 6.61 Å². The smallest absolute Gasteiger partial charge is 0.325 e. The van der Waals surface area contributed by atoms with Gasteiger partial charge in [0.05, 0.1) is 19.3 Å². The number of carboxylic acid groups (broad SMARTS) is 1. The summed E-state index contributed by atoms with van der Waals surface area (Å²) >= 11 is 0. The van der Waals surface area contributed by atoms with Crippen LogP contribution in [0, 0.1) is 0 Å². The molecule has 2 N–H and O–H groups in total. The van der Waals surface area contributed by atoms with E-state index in [0.717, 1.165) is 19.4 Å². The van der Waals surface area contributed by atoms with Crippen molar-refractivity contribution >= 4 is 11.9 Å². The lowest BCUT2D eigenvalue weighted by atomic mass is 10.2. The Bertz CT molecular complexity index is 263. The highest BCUT2D eigenvalue weighted by Crippen LogP contribution is 2.11. The summed E-state index contributed by atoms with van der Waals surface area (Å²) < 4.78 is 10.6. The first-order valence-corrected chi connectivity index (χ1v) is 5.81. The van der Waals surface area contributed by atoms with Gasteiger partial charge in [-0.1, -0.05) is 0 Å². The molecule has 98 valence electrons. The minimum absolute atomic E-state index is 0.149. The van der Waals surface area contributed by atoms with Crippen LogP contribution in [0.4, 0.5) is 0 Å². The van der Waals surface area contributed by atoms with Gasteiger partial charge in [0.15, 0.2) is 0 Å². The monoisotopic (exact) mass is 245 g/mol. The number of nitrogens with one attached hydrogen (secondary N) is 1. The first kappa shape index (κ1) is 13.9. The number of amides is 1. The predicted molar refractivity (Wildman–Crippen MR) is 59.7 cm³/mol. The SMILES string of the molecule is CC(NC(=O)CCOCC1CCCO1)C(=O)O. The molecule has 1 heterocycles. The highest BCUT2D eigenvalue weighted by molar-refractivity contribution is 5.83. The van der Waals surface area contributed by atoms with Crippen LogP contribution in [0.15, 0.2) is 0 Å². The maximum Gasteiger partial charge on any atom is 0.325 e. The molecule has 0 aromatic carbocycles. The lowest BCUT2D eigenvalue weighted by Gasteiger charge is -2.11. The fourth-order valence-electron chi connectivity index (χ4n) is 1.53. The second kappa shape index (κ2) is 7.24. The molecule has 0 bridgehead atoms. The van der Waals surface area contributed by atoms with Crippen molar-refractivity contribution in [1.29, 1.82) is 0 Å². The van der Waals surface area contributed by atoms with Crippen LogP contribution < -0.4 is 5.32 Å². The van der Waals surface area contributed by atoms with Crippen LogP contribution in [0.2, 0.25) is 0 Å². The van der Waals surface area contributed by atoms with Gasteiger partial charge in [0.25, 0.3) is 0 Å². The fourth-order valence-corrected chi connectivity index (χ4v) is 1.53. The lowest BCUT2D eigenvalue weighted by molar-refractivity contribution is -0.141. The van der Waals surface area contributed by atoms with Crippen molar-refractivity contribution < 1.29 is 24.2 Å². The van der Waals surface area contributed by atoms with Crippen molar-refractivity contribution in [3.05, 3.63) is 0 Å². The van der Waals surface area contributed by atoms with Gasteiger partial charge in [-0.3, -0.25) is 9.59 Å². The van der Waals surface area contributed by atoms with Crippen LogP contribution in [-0.4, -0.2) is 48.9 Å². The van der Waals surface area contributed by atoms with Crippen LogP contribution in [0.1, 0.15) is 26.2 Å². The van der Waals surface area contributed by atoms with Crippen molar-refractivity contribution in [3.8, 4) is 0 Å². The zero-order valence-corrected chi connectivity index (χ0v) is 9.98. The molecule has 2 unspecified atom stereocenters. The Morgan fingerprint density at radius 2 is 2.35 bits per heavy atom. The zero-order chi connectivity index (χ0) is 12.7. The van der Waals surface area contributed by atoms with Gasteiger partial charge >= 0.3 is 5.97 Å². The van der Waals surface area contributed by atoms with Gasteiger partial charge in [0, 0.05) is 13.0 Å². The molecule has 1 fully saturated rings. The van der Waals surface area contributed by atoms with E-state index in [1.165, 1.54) is 6.92 Å². The third kappa shape index (κ3) is 5.65. The van der Waals surface area contributed by atoms with E-state index in [4.69, 9.17) is 14.6 Å². The minimum atomic E-state index is -1.04. The molecule has 1 aliphatic heterocycles. The van der Waals surface area contributed by atoms with E-state index < -0.39 is 12.0 Å². The highest BCUT2D eigenvalue weighted by atomic mass is 16.5. The lowest BCUT2D eigenvalue weighted by Crippen LogP contribution is -2.38. The molecule has 0 aromatic rings. The second-order valence-corrected chi connectivity index (χ2v) is 4.09. The van der Waals surface area contributed by atoms with Crippen molar-refractivity contribution in [3.63, 3.8) is 0 Å². The predicted octanol–water partition coefficient (Wildman–Crippen LogP) is 0.161. The standard InChI is InChI=1S/C11H19NO5/c1-8(11(14)15)12-10(13)4-6-16-7-9-3-2-5-17-9/h8-9H,2-7H2,1H3,(H,12,13)(H,14,15). The van der Waals surface area contributed by atoms with Crippen molar-refractivity contribution in [2.75, 3.05) is 19.8 Å². The van der Waals surface area contributed by atoms with Crippen LogP contribution >= 0.6 is 0 Å². The molecule has 0 spiro atoms. The number of rotatable bonds is 7. The van der Waals surface area contributed by atoms with Gasteiger partial charge in [0.2, 0.25) is 5.91 Å². The molecular formula is C11H19NO5. The van der Waals surface area contributed by atoms with Crippen LogP contribution in [0.25, 0.3) is 0 Å². The van der Waals surface area contributed by atoms with Crippen LogP contribution in [0.5, 0.6) is 0 Å². The molecule has 0 radical (unpaired) electrons. The number of carboxylic acids is 1. The molecule has 6 nitrogen and oxygen atoms in total. The van der Waals surface area contributed by atoms with Gasteiger partial charge in [0.1, 0.15) is 6.04 Å². The summed E-state index contributed by atoms with van der Waals surface area (Å²) in [6.07, 6.45) is 2.38. The molecule has 1 rings (SSSR count). The number of aliphatic carboxylic acids is 1. The third-order valence-corrected chi connectivity index (χ3v) is 2.55. The van der Waals surface area contributed by atoms with E-state index in [9.17, 15) is 9.59 Å². The average Bonchev–Trinajstić information content (AvgIpc) is 2.77. The number of carbonyl (C=O) groups is 2. The first-order valence-electron chi connectivity index (χ1n) is 5.81. The van der Waals surface area contributed by atoms with Crippen molar-refractivity contribution in [2.24, 2.45) is 0 Å². The zero-order valence-electron chi connectivity index (χ0n) is 9.98. The Morgan fingerprint density at radius 3 is 2.94 bits per heavy atom. The molecule has 0 aliphatic carbocycles. The quantitative estimate of drug-likeness (QED) is 0.624. The van der Waals surface area contributed by atoms with Crippen LogP contribution in [0.3, 0.4) is 0 Å². The number of carbonyl (C=O) groups excluding carboxylic acids is 1. The molecule has 1 amide bonds. The van der Waals surface area contributed by atoms with E-state index in [-0.39, 0.29) is 25.0 Å². The Morgan fingerprint density at radius 1 is 1.59 bits per heavy atom. The van der Waals surface area contributed by atoms with Gasteiger partial charge < -0.3 is 19.9 Å². The van der Waals surface area contributed by atoms with Crippen LogP contribution in [-0.2, 0) is 19.1 Å². The fraction of sp³-hybridized carbons (Fsp3) is 0.818.